The monoisotopic (exact) mass is 506 g/mol. The van der Waals surface area contributed by atoms with Gasteiger partial charge in [-0.1, -0.05) is 13.8 Å². The van der Waals surface area contributed by atoms with E-state index < -0.39 is 24.5 Å². The molecule has 1 aliphatic carbocycles. The molecule has 0 spiro atoms. The second kappa shape index (κ2) is 11.4. The van der Waals surface area contributed by atoms with Crippen LogP contribution in [0.4, 0.5) is 11.4 Å². The summed E-state index contributed by atoms with van der Waals surface area (Å²) < 4.78 is 10.2. The van der Waals surface area contributed by atoms with E-state index in [2.05, 4.69) is 12.2 Å². The molecule has 3 amide bonds. The molecule has 9 heteroatoms. The summed E-state index contributed by atoms with van der Waals surface area (Å²) >= 11 is 0. The Kier molecular flexibility index (Phi) is 8.01. The van der Waals surface area contributed by atoms with Crippen molar-refractivity contribution in [1.29, 1.82) is 0 Å². The molecule has 37 heavy (non-hydrogen) atoms. The predicted octanol–water partition coefficient (Wildman–Crippen LogP) is 3.97. The van der Waals surface area contributed by atoms with Gasteiger partial charge in [0.25, 0.3) is 5.91 Å². The zero-order valence-corrected chi connectivity index (χ0v) is 20.9. The summed E-state index contributed by atoms with van der Waals surface area (Å²) in [7, 11) is 0. The van der Waals surface area contributed by atoms with Crippen molar-refractivity contribution in [3.8, 4) is 0 Å². The van der Waals surface area contributed by atoms with Crippen molar-refractivity contribution in [2.75, 3.05) is 23.4 Å². The van der Waals surface area contributed by atoms with Gasteiger partial charge >= 0.3 is 11.9 Å². The van der Waals surface area contributed by atoms with E-state index in [0.29, 0.717) is 35.9 Å². The van der Waals surface area contributed by atoms with Crippen molar-refractivity contribution in [2.24, 2.45) is 17.8 Å². The molecule has 0 aromatic heterocycles. The van der Waals surface area contributed by atoms with Gasteiger partial charge in [0.05, 0.1) is 35.3 Å². The second-order valence-corrected chi connectivity index (χ2v) is 9.53. The van der Waals surface area contributed by atoms with Crippen LogP contribution in [0.2, 0.25) is 0 Å². The van der Waals surface area contributed by atoms with Crippen LogP contribution in [-0.2, 0) is 23.9 Å². The Bertz CT molecular complexity index is 1190. The van der Waals surface area contributed by atoms with E-state index in [1.807, 2.05) is 6.92 Å². The molecular weight excluding hydrogens is 476 g/mol. The third-order valence-corrected chi connectivity index (χ3v) is 6.72. The van der Waals surface area contributed by atoms with Gasteiger partial charge in [0.15, 0.2) is 6.61 Å². The zero-order valence-electron chi connectivity index (χ0n) is 20.9. The molecule has 0 radical (unpaired) electrons. The minimum Gasteiger partial charge on any atom is -0.462 e. The lowest BCUT2D eigenvalue weighted by molar-refractivity contribution is -0.122. The predicted molar refractivity (Wildman–Crippen MR) is 135 cm³/mol. The quantitative estimate of drug-likeness (QED) is 0.425. The Morgan fingerprint density at radius 2 is 1.46 bits per heavy atom. The van der Waals surface area contributed by atoms with Gasteiger partial charge in [-0.3, -0.25) is 19.3 Å². The molecule has 0 unspecified atom stereocenters. The highest BCUT2D eigenvalue weighted by molar-refractivity contribution is 6.22. The number of carbonyl (C=O) groups excluding carboxylic acids is 5. The maximum Gasteiger partial charge on any atom is 0.338 e. The molecule has 2 aromatic rings. The smallest absolute Gasteiger partial charge is 0.338 e. The Morgan fingerprint density at radius 1 is 0.865 bits per heavy atom. The van der Waals surface area contributed by atoms with Crippen LogP contribution in [0.15, 0.2) is 48.5 Å². The van der Waals surface area contributed by atoms with Gasteiger partial charge in [-0.15, -0.1) is 0 Å². The van der Waals surface area contributed by atoms with Gasteiger partial charge in [0.2, 0.25) is 11.8 Å². The van der Waals surface area contributed by atoms with Crippen molar-refractivity contribution in [2.45, 2.75) is 39.5 Å². The standard InChI is InChI=1S/C28H30N2O7/c1-3-14-36-27(34)18-5-9-20(10-6-18)29-24(31)16-37-28(35)19-7-11-21(12-8-19)30-25(32)22-13-4-17(2)15-23(22)26(30)33/h5-12,17,22-23H,3-4,13-16H2,1-2H3,(H,29,31)/t17-,22+,23+/m0/s1. The molecule has 9 nitrogen and oxygen atoms in total. The van der Waals surface area contributed by atoms with Gasteiger partial charge < -0.3 is 14.8 Å². The fraction of sp³-hybridized carbons (Fsp3) is 0.393. The SMILES string of the molecule is CCCOC(=O)c1ccc(NC(=O)COC(=O)c2ccc(N3C(=O)[C@@H]4CC[C@H](C)C[C@H]4C3=O)cc2)cc1. The van der Waals surface area contributed by atoms with Gasteiger partial charge in [-0.2, -0.15) is 0 Å². The minimum atomic E-state index is -0.711. The zero-order chi connectivity index (χ0) is 26.5. The molecule has 1 saturated carbocycles. The molecule has 1 N–H and O–H groups in total. The van der Waals surface area contributed by atoms with Crippen molar-refractivity contribution in [3.63, 3.8) is 0 Å². The summed E-state index contributed by atoms with van der Waals surface area (Å²) in [6.45, 7) is 3.82. The number of nitrogens with one attached hydrogen (secondary N) is 1. The van der Waals surface area contributed by atoms with Crippen molar-refractivity contribution < 1.29 is 33.4 Å². The Hall–Kier alpha value is -4.01. The average Bonchev–Trinajstić information content (AvgIpc) is 3.15. The van der Waals surface area contributed by atoms with Gasteiger partial charge in [0.1, 0.15) is 0 Å². The number of carbonyl (C=O) groups is 5. The van der Waals surface area contributed by atoms with Gasteiger partial charge in [-0.05, 0) is 80.1 Å². The Labute approximate surface area is 215 Å². The molecular formula is C28H30N2O7. The summed E-state index contributed by atoms with van der Waals surface area (Å²) in [5.74, 6) is -2.18. The van der Waals surface area contributed by atoms with Crippen molar-refractivity contribution >= 4 is 41.0 Å². The molecule has 1 aliphatic heterocycles. The molecule has 1 heterocycles. The molecule has 0 bridgehead atoms. The van der Waals surface area contributed by atoms with Crippen molar-refractivity contribution in [1.82, 2.24) is 0 Å². The molecule has 2 fully saturated rings. The number of rotatable bonds is 8. The van der Waals surface area contributed by atoms with Gasteiger partial charge in [0, 0.05) is 5.69 Å². The van der Waals surface area contributed by atoms with Crippen LogP contribution in [0.5, 0.6) is 0 Å². The van der Waals surface area contributed by atoms with E-state index in [0.717, 1.165) is 19.3 Å². The first-order chi connectivity index (χ1) is 17.8. The number of benzene rings is 2. The highest BCUT2D eigenvalue weighted by Crippen LogP contribution is 2.42. The van der Waals surface area contributed by atoms with Crippen LogP contribution in [0.1, 0.15) is 60.2 Å². The maximum atomic E-state index is 12.9. The first kappa shape index (κ1) is 26.1. The van der Waals surface area contributed by atoms with Crippen LogP contribution >= 0.6 is 0 Å². The van der Waals surface area contributed by atoms with Crippen LogP contribution in [0.3, 0.4) is 0 Å². The number of fused-ring (bicyclic) bond motifs is 1. The fourth-order valence-electron chi connectivity index (χ4n) is 4.77. The van der Waals surface area contributed by atoms with E-state index in [4.69, 9.17) is 9.47 Å². The number of esters is 2. The topological polar surface area (TPSA) is 119 Å². The molecule has 3 atom stereocenters. The van der Waals surface area contributed by atoms with E-state index in [1.165, 1.54) is 29.2 Å². The van der Waals surface area contributed by atoms with Crippen LogP contribution < -0.4 is 10.2 Å². The molecule has 2 aliphatic rings. The molecule has 4 rings (SSSR count). The first-order valence-corrected chi connectivity index (χ1v) is 12.5. The number of anilines is 2. The lowest BCUT2D eigenvalue weighted by Gasteiger charge is -2.25. The lowest BCUT2D eigenvalue weighted by atomic mass is 9.76. The lowest BCUT2D eigenvalue weighted by Crippen LogP contribution is -2.30. The number of nitrogens with zero attached hydrogens (tertiary/aromatic N) is 1. The average molecular weight is 507 g/mol. The number of amides is 3. The highest BCUT2D eigenvalue weighted by Gasteiger charge is 2.49. The molecule has 194 valence electrons. The summed E-state index contributed by atoms with van der Waals surface area (Å²) in [4.78, 5) is 63.4. The number of ether oxygens (including phenoxy) is 2. The molecule has 1 saturated heterocycles. The third kappa shape index (κ3) is 5.87. The maximum absolute atomic E-state index is 12.9. The normalized spacial score (nSPS) is 20.8. The fourth-order valence-corrected chi connectivity index (χ4v) is 4.77. The first-order valence-electron chi connectivity index (χ1n) is 12.5. The number of imide groups is 1. The number of hydrogen-bond donors (Lipinski definition) is 1. The van der Waals surface area contributed by atoms with E-state index in [-0.39, 0.29) is 29.2 Å². The Morgan fingerprint density at radius 3 is 2.11 bits per heavy atom. The largest absolute Gasteiger partial charge is 0.462 e. The van der Waals surface area contributed by atoms with E-state index in [1.54, 1.807) is 24.3 Å². The van der Waals surface area contributed by atoms with Crippen LogP contribution in [0, 0.1) is 17.8 Å². The number of hydrogen-bond acceptors (Lipinski definition) is 7. The van der Waals surface area contributed by atoms with Crippen LogP contribution in [0.25, 0.3) is 0 Å². The van der Waals surface area contributed by atoms with Gasteiger partial charge in [-0.25, -0.2) is 9.59 Å². The third-order valence-electron chi connectivity index (χ3n) is 6.72. The molecule has 2 aromatic carbocycles. The summed E-state index contributed by atoms with van der Waals surface area (Å²) in [6, 6.07) is 12.2. The van der Waals surface area contributed by atoms with Crippen molar-refractivity contribution in [3.05, 3.63) is 59.7 Å². The van der Waals surface area contributed by atoms with Crippen LogP contribution in [-0.4, -0.2) is 42.9 Å². The highest BCUT2D eigenvalue weighted by atomic mass is 16.5. The summed E-state index contributed by atoms with van der Waals surface area (Å²) in [5.41, 5.74) is 1.42. The van der Waals surface area contributed by atoms with E-state index in [9.17, 15) is 24.0 Å². The summed E-state index contributed by atoms with van der Waals surface area (Å²) in [5, 5.41) is 2.59. The Balaban J connectivity index is 1.29. The minimum absolute atomic E-state index is 0.181. The second-order valence-electron chi connectivity index (χ2n) is 9.53. The summed E-state index contributed by atoms with van der Waals surface area (Å²) in [6.07, 6.45) is 3.09. The van der Waals surface area contributed by atoms with E-state index >= 15 is 0 Å².